The molecule has 0 radical (unpaired) electrons. The van der Waals surface area contributed by atoms with E-state index in [0.29, 0.717) is 24.3 Å². The molecule has 32 heavy (non-hydrogen) atoms. The second-order valence-electron chi connectivity index (χ2n) is 7.40. The van der Waals surface area contributed by atoms with E-state index in [9.17, 15) is 29.1 Å². The highest BCUT2D eigenvalue weighted by atomic mass is 32.2. The van der Waals surface area contributed by atoms with Gasteiger partial charge in [-0.1, -0.05) is 0 Å². The van der Waals surface area contributed by atoms with Crippen molar-refractivity contribution in [2.24, 2.45) is 5.73 Å². The van der Waals surface area contributed by atoms with Crippen molar-refractivity contribution >= 4 is 53.1 Å². The first-order chi connectivity index (χ1) is 15.2. The van der Waals surface area contributed by atoms with Gasteiger partial charge >= 0.3 is 5.97 Å². The Morgan fingerprint density at radius 1 is 0.969 bits per heavy atom. The number of nitrogens with two attached hydrogens (primary N) is 1. The first-order valence-electron chi connectivity index (χ1n) is 10.3. The SMILES string of the molecule is CSCCC(NC(=O)C(CCSC)NC(=O)C1CCCN1)C(=O)NC(CC(N)=O)C(=O)O. The van der Waals surface area contributed by atoms with E-state index in [2.05, 4.69) is 21.3 Å². The normalized spacial score (nSPS) is 18.2. The number of hydrogen-bond acceptors (Lipinski definition) is 8. The van der Waals surface area contributed by atoms with E-state index in [1.165, 1.54) is 23.5 Å². The summed E-state index contributed by atoms with van der Waals surface area (Å²) in [6, 6.07) is -3.69. The van der Waals surface area contributed by atoms with E-state index in [4.69, 9.17) is 5.73 Å². The maximum absolute atomic E-state index is 12.9. The lowest BCUT2D eigenvalue weighted by molar-refractivity contribution is -0.143. The fourth-order valence-corrected chi connectivity index (χ4v) is 4.08. The number of carboxylic acid groups (broad SMARTS) is 1. The van der Waals surface area contributed by atoms with Gasteiger partial charge in [0.05, 0.1) is 12.5 Å². The van der Waals surface area contributed by atoms with Gasteiger partial charge in [-0.2, -0.15) is 23.5 Å². The number of carbonyl (C=O) groups is 5. The summed E-state index contributed by atoms with van der Waals surface area (Å²) in [5.41, 5.74) is 5.05. The quantitative estimate of drug-likeness (QED) is 0.162. The molecule has 11 nitrogen and oxygen atoms in total. The maximum Gasteiger partial charge on any atom is 0.326 e. The molecule has 4 amide bonds. The number of aliphatic carboxylic acids is 1. The Labute approximate surface area is 196 Å². The van der Waals surface area contributed by atoms with Crippen molar-refractivity contribution in [3.63, 3.8) is 0 Å². The lowest BCUT2D eigenvalue weighted by atomic mass is 10.1. The molecule has 1 aliphatic rings. The highest BCUT2D eigenvalue weighted by Crippen LogP contribution is 2.09. The Kier molecular flexibility index (Phi) is 13.1. The summed E-state index contributed by atoms with van der Waals surface area (Å²) in [6.07, 6.45) is 5.35. The zero-order valence-corrected chi connectivity index (χ0v) is 20.0. The Bertz CT molecular complexity index is 675. The fourth-order valence-electron chi connectivity index (χ4n) is 3.14. The van der Waals surface area contributed by atoms with Gasteiger partial charge in [0.25, 0.3) is 0 Å². The number of primary amides is 1. The first kappa shape index (κ1) is 28.0. The molecule has 182 valence electrons. The molecule has 1 fully saturated rings. The molecule has 1 heterocycles. The van der Waals surface area contributed by atoms with Crippen molar-refractivity contribution in [3.8, 4) is 0 Å². The molecular weight excluding hydrogens is 458 g/mol. The summed E-state index contributed by atoms with van der Waals surface area (Å²) < 4.78 is 0. The average Bonchev–Trinajstić information content (AvgIpc) is 3.27. The number of rotatable bonds is 15. The van der Waals surface area contributed by atoms with E-state index in [1.54, 1.807) is 0 Å². The second kappa shape index (κ2) is 15.0. The summed E-state index contributed by atoms with van der Waals surface area (Å²) >= 11 is 2.98. The summed E-state index contributed by atoms with van der Waals surface area (Å²) in [5, 5.41) is 20.0. The van der Waals surface area contributed by atoms with Crippen LogP contribution in [0.4, 0.5) is 0 Å². The molecule has 0 aromatic rings. The molecule has 0 aromatic heterocycles. The van der Waals surface area contributed by atoms with Crippen molar-refractivity contribution in [3.05, 3.63) is 0 Å². The molecule has 1 aliphatic heterocycles. The number of nitrogens with one attached hydrogen (secondary N) is 4. The summed E-state index contributed by atoms with van der Waals surface area (Å²) in [7, 11) is 0. The number of carbonyl (C=O) groups excluding carboxylic acids is 4. The third-order valence-electron chi connectivity index (χ3n) is 4.88. The minimum absolute atomic E-state index is 0.245. The van der Waals surface area contributed by atoms with Crippen LogP contribution in [-0.2, 0) is 24.0 Å². The molecule has 0 bridgehead atoms. The first-order valence-corrected chi connectivity index (χ1v) is 13.1. The summed E-state index contributed by atoms with van der Waals surface area (Å²) in [5.74, 6) is -2.63. The smallest absolute Gasteiger partial charge is 0.326 e. The predicted molar refractivity (Wildman–Crippen MR) is 124 cm³/mol. The highest BCUT2D eigenvalue weighted by molar-refractivity contribution is 7.98. The summed E-state index contributed by atoms with van der Waals surface area (Å²) in [6.45, 7) is 0.743. The summed E-state index contributed by atoms with van der Waals surface area (Å²) in [4.78, 5) is 60.6. The van der Waals surface area contributed by atoms with Crippen LogP contribution in [-0.4, -0.2) is 89.4 Å². The number of amides is 4. The molecule has 7 N–H and O–H groups in total. The van der Waals surface area contributed by atoms with Crippen molar-refractivity contribution in [1.29, 1.82) is 0 Å². The third-order valence-corrected chi connectivity index (χ3v) is 6.17. The van der Waals surface area contributed by atoms with Crippen LogP contribution in [0.1, 0.15) is 32.1 Å². The van der Waals surface area contributed by atoms with Gasteiger partial charge in [-0.3, -0.25) is 19.2 Å². The predicted octanol–water partition coefficient (Wildman–Crippen LogP) is -1.34. The Balaban J connectivity index is 2.87. The molecule has 0 aliphatic carbocycles. The topological polar surface area (TPSA) is 180 Å². The van der Waals surface area contributed by atoms with Crippen molar-refractivity contribution < 1.29 is 29.1 Å². The van der Waals surface area contributed by atoms with Crippen molar-refractivity contribution in [2.45, 2.75) is 56.3 Å². The second-order valence-corrected chi connectivity index (χ2v) is 9.38. The van der Waals surface area contributed by atoms with Gasteiger partial charge in [-0.05, 0) is 56.2 Å². The fraction of sp³-hybridized carbons (Fsp3) is 0.737. The monoisotopic (exact) mass is 491 g/mol. The molecule has 4 atom stereocenters. The number of hydrogen-bond donors (Lipinski definition) is 6. The van der Waals surface area contributed by atoms with Gasteiger partial charge in [-0.25, -0.2) is 4.79 Å². The van der Waals surface area contributed by atoms with E-state index in [-0.39, 0.29) is 18.4 Å². The zero-order valence-electron chi connectivity index (χ0n) is 18.3. The Hall–Kier alpha value is -1.99. The third kappa shape index (κ3) is 10.1. The average molecular weight is 492 g/mol. The van der Waals surface area contributed by atoms with Gasteiger partial charge in [0.15, 0.2) is 0 Å². The standard InChI is InChI=1S/C19H33N5O6S2/c1-31-8-5-12(22-16(26)11-4-3-7-21-11)17(27)23-13(6-9-32-2)18(28)24-14(19(29)30)10-15(20)25/h11-14,21H,3-10H2,1-2H3,(H2,20,25)(H,22,26)(H,23,27)(H,24,28)(H,29,30). The molecule has 0 spiro atoms. The number of thioether (sulfide) groups is 2. The molecule has 0 saturated carbocycles. The van der Waals surface area contributed by atoms with Crippen LogP contribution in [0.25, 0.3) is 0 Å². The van der Waals surface area contributed by atoms with Crippen LogP contribution in [0.15, 0.2) is 0 Å². The van der Waals surface area contributed by atoms with Crippen LogP contribution >= 0.6 is 23.5 Å². The maximum atomic E-state index is 12.9. The molecule has 13 heteroatoms. The lowest BCUT2D eigenvalue weighted by Crippen LogP contribution is -2.57. The Morgan fingerprint density at radius 2 is 1.50 bits per heavy atom. The largest absolute Gasteiger partial charge is 0.480 e. The molecule has 0 aromatic carbocycles. The van der Waals surface area contributed by atoms with Crippen LogP contribution in [0.5, 0.6) is 0 Å². The van der Waals surface area contributed by atoms with Crippen LogP contribution in [0, 0.1) is 0 Å². The minimum Gasteiger partial charge on any atom is -0.480 e. The Morgan fingerprint density at radius 3 is 1.94 bits per heavy atom. The van der Waals surface area contributed by atoms with E-state index < -0.39 is 48.2 Å². The lowest BCUT2D eigenvalue weighted by Gasteiger charge is -2.25. The number of carboxylic acids is 1. The van der Waals surface area contributed by atoms with Gasteiger partial charge in [0, 0.05) is 0 Å². The molecular formula is C19H33N5O6S2. The van der Waals surface area contributed by atoms with Crippen LogP contribution in [0.3, 0.4) is 0 Å². The van der Waals surface area contributed by atoms with Gasteiger partial charge < -0.3 is 32.1 Å². The van der Waals surface area contributed by atoms with E-state index in [1.807, 2.05) is 12.5 Å². The molecule has 4 unspecified atom stereocenters. The van der Waals surface area contributed by atoms with Gasteiger partial charge in [0.1, 0.15) is 18.1 Å². The van der Waals surface area contributed by atoms with Crippen LogP contribution < -0.4 is 27.0 Å². The van der Waals surface area contributed by atoms with Crippen molar-refractivity contribution in [2.75, 3.05) is 30.6 Å². The van der Waals surface area contributed by atoms with Crippen molar-refractivity contribution in [1.82, 2.24) is 21.3 Å². The van der Waals surface area contributed by atoms with Gasteiger partial charge in [-0.15, -0.1) is 0 Å². The highest BCUT2D eigenvalue weighted by Gasteiger charge is 2.31. The van der Waals surface area contributed by atoms with Crippen LogP contribution in [0.2, 0.25) is 0 Å². The molecule has 1 saturated heterocycles. The van der Waals surface area contributed by atoms with Gasteiger partial charge in [0.2, 0.25) is 23.6 Å². The zero-order chi connectivity index (χ0) is 24.1. The molecule has 1 rings (SSSR count). The minimum atomic E-state index is -1.49. The van der Waals surface area contributed by atoms with E-state index >= 15 is 0 Å². The van der Waals surface area contributed by atoms with E-state index in [0.717, 1.165) is 13.0 Å².